The Morgan fingerprint density at radius 3 is 2.31 bits per heavy atom. The molecule has 2 saturated heterocycles. The number of sulfone groups is 1. The van der Waals surface area contributed by atoms with E-state index in [0.29, 0.717) is 46.6 Å². The van der Waals surface area contributed by atoms with E-state index in [-0.39, 0.29) is 63.9 Å². The molecule has 0 radical (unpaired) electrons. The molecule has 12 rings (SSSR count). The fourth-order valence-corrected chi connectivity index (χ4v) is 14.1. The molecule has 4 aliphatic rings. The number of nitrogens with zero attached hydrogens (tertiary/aromatic N) is 9. The van der Waals surface area contributed by atoms with Gasteiger partial charge in [-0.25, -0.2) is 31.5 Å². The van der Waals surface area contributed by atoms with Crippen LogP contribution in [0.15, 0.2) is 81.2 Å². The third-order valence-corrected chi connectivity index (χ3v) is 17.5. The summed E-state index contributed by atoms with van der Waals surface area (Å²) in [7, 11) is -1.92. The highest BCUT2D eigenvalue weighted by atomic mass is 32.2. The van der Waals surface area contributed by atoms with Gasteiger partial charge in [0.1, 0.15) is 22.9 Å². The van der Waals surface area contributed by atoms with Gasteiger partial charge in [-0.3, -0.25) is 28.1 Å². The molecule has 3 fully saturated rings. The lowest BCUT2D eigenvalue weighted by molar-refractivity contribution is -0.0592. The van der Waals surface area contributed by atoms with E-state index in [0.717, 1.165) is 29.3 Å². The fraction of sp³-hybridized carbons (Fsp3) is 0.400. The van der Waals surface area contributed by atoms with E-state index in [1.165, 1.54) is 43.2 Å². The number of halogens is 2. The molecule has 17 nitrogen and oxygen atoms in total. The molecule has 1 saturated carbocycles. The second-order valence-electron chi connectivity index (χ2n) is 20.7. The number of carbonyl (C=O) groups is 1. The highest BCUT2D eigenvalue weighted by Gasteiger charge is 2.61. The largest absolute Gasteiger partial charge is 0.438 e. The first-order chi connectivity index (χ1) is 33.2. The molecular weight excluding hydrogens is 923 g/mol. The van der Waals surface area contributed by atoms with Crippen molar-refractivity contribution < 1.29 is 31.3 Å². The Morgan fingerprint density at radius 2 is 1.64 bits per heavy atom. The molecular formula is C50H50F2N10O7S. The van der Waals surface area contributed by atoms with Crippen molar-refractivity contribution in [3.63, 3.8) is 0 Å². The van der Waals surface area contributed by atoms with Gasteiger partial charge in [-0.05, 0) is 125 Å². The van der Waals surface area contributed by atoms with E-state index in [2.05, 4.69) is 41.2 Å². The first-order valence-electron chi connectivity index (χ1n) is 23.4. The van der Waals surface area contributed by atoms with Crippen LogP contribution in [0.2, 0.25) is 0 Å². The maximum atomic E-state index is 16.3. The molecule has 5 aromatic heterocycles. The summed E-state index contributed by atoms with van der Waals surface area (Å²) in [5, 5.41) is 14.5. The second kappa shape index (κ2) is 14.8. The van der Waals surface area contributed by atoms with Crippen LogP contribution in [0.25, 0.3) is 39.0 Å². The van der Waals surface area contributed by atoms with Crippen LogP contribution in [-0.2, 0) is 32.6 Å². The Balaban J connectivity index is 1.06. The zero-order chi connectivity index (χ0) is 49.1. The van der Waals surface area contributed by atoms with Crippen molar-refractivity contribution in [3.8, 4) is 17.2 Å². The molecule has 8 heterocycles. The minimum absolute atomic E-state index is 0.0303. The molecule has 4 atom stereocenters. The monoisotopic (exact) mass is 972 g/mol. The zero-order valence-corrected chi connectivity index (χ0v) is 40.4. The molecule has 0 bridgehead atoms. The number of carbonyl (C=O) groups excluding carboxylic acids is 1. The summed E-state index contributed by atoms with van der Waals surface area (Å²) >= 11 is 0. The second-order valence-corrected chi connectivity index (χ2v) is 22.8. The van der Waals surface area contributed by atoms with Gasteiger partial charge in [0.05, 0.1) is 62.7 Å². The quantitative estimate of drug-likeness (QED) is 0.183. The van der Waals surface area contributed by atoms with Crippen LogP contribution in [0.5, 0.6) is 0 Å². The van der Waals surface area contributed by atoms with Gasteiger partial charge in [-0.1, -0.05) is 18.1 Å². The summed E-state index contributed by atoms with van der Waals surface area (Å²) < 4.78 is 77.2. The Kier molecular flexibility index (Phi) is 9.36. The molecule has 8 aromatic rings. The maximum Gasteiger partial charge on any atom is 0.438 e. The molecule has 20 heteroatoms. The third-order valence-electron chi connectivity index (χ3n) is 15.5. The lowest BCUT2D eigenvalue weighted by atomic mass is 9.79. The van der Waals surface area contributed by atoms with E-state index < -0.39 is 55.8 Å². The van der Waals surface area contributed by atoms with Crippen molar-refractivity contribution in [3.05, 3.63) is 139 Å². The van der Waals surface area contributed by atoms with Crippen molar-refractivity contribution in [2.24, 2.45) is 13.0 Å². The van der Waals surface area contributed by atoms with Gasteiger partial charge in [-0.2, -0.15) is 10.2 Å². The zero-order valence-electron chi connectivity index (χ0n) is 39.6. The van der Waals surface area contributed by atoms with Gasteiger partial charge in [0.15, 0.2) is 21.5 Å². The van der Waals surface area contributed by atoms with Crippen LogP contribution < -0.4 is 11.4 Å². The summed E-state index contributed by atoms with van der Waals surface area (Å²) in [6.45, 7) is 11.8. The number of ether oxygens (including phenoxy) is 1. The number of rotatable bonds is 7. The molecule has 0 unspecified atom stereocenters. The summed E-state index contributed by atoms with van der Waals surface area (Å²) in [5.41, 5.74) is 1.23. The molecule has 70 heavy (non-hydrogen) atoms. The highest BCUT2D eigenvalue weighted by molar-refractivity contribution is 7.93. The Labute approximate surface area is 399 Å². The van der Waals surface area contributed by atoms with Gasteiger partial charge < -0.3 is 14.2 Å². The molecule has 362 valence electrons. The van der Waals surface area contributed by atoms with Crippen LogP contribution in [0.4, 0.5) is 8.78 Å². The predicted molar refractivity (Wildman–Crippen MR) is 254 cm³/mol. The fourth-order valence-electron chi connectivity index (χ4n) is 12.0. The smallest absolute Gasteiger partial charge is 0.376 e. The summed E-state index contributed by atoms with van der Waals surface area (Å²) in [5.74, 6) is -2.34. The van der Waals surface area contributed by atoms with Crippen molar-refractivity contribution in [1.29, 1.82) is 0 Å². The number of aromatic nitrogens is 9. The first kappa shape index (κ1) is 44.3. The van der Waals surface area contributed by atoms with Crippen molar-refractivity contribution in [2.45, 2.75) is 89.3 Å². The van der Waals surface area contributed by atoms with Crippen LogP contribution in [-0.4, -0.2) is 92.9 Å². The molecule has 3 aromatic carbocycles. The van der Waals surface area contributed by atoms with E-state index >= 15 is 13.6 Å². The van der Waals surface area contributed by atoms with Crippen LogP contribution >= 0.6 is 0 Å². The average molecular weight is 973 g/mol. The normalized spacial score (nSPS) is 23.3. The molecule has 1 amide bonds. The number of fused-ring (bicyclic) bond motifs is 4. The number of imidazole rings is 1. The van der Waals surface area contributed by atoms with Gasteiger partial charge in [-0.15, -0.1) is 0 Å². The topological polar surface area (TPSA) is 190 Å². The van der Waals surface area contributed by atoms with E-state index in [9.17, 15) is 18.0 Å². The number of hydrogen-bond donors (Lipinski definition) is 1. The molecule has 1 N–H and O–H groups in total. The molecule has 3 aliphatic heterocycles. The first-order valence-corrected chi connectivity index (χ1v) is 25.2. The number of benzene rings is 3. The van der Waals surface area contributed by atoms with E-state index in [1.54, 1.807) is 44.0 Å². The van der Waals surface area contributed by atoms with Crippen LogP contribution in [0.3, 0.4) is 0 Å². The highest BCUT2D eigenvalue weighted by Crippen LogP contribution is 2.57. The van der Waals surface area contributed by atoms with Gasteiger partial charge >= 0.3 is 11.4 Å². The number of aromatic amines is 1. The van der Waals surface area contributed by atoms with Gasteiger partial charge in [0.2, 0.25) is 0 Å². The summed E-state index contributed by atoms with van der Waals surface area (Å²) in [6.07, 6.45) is 6.47. The number of nitrogens with one attached hydrogen (secondary N) is 1. The number of hydrogen-bond acceptors (Lipinski definition) is 10. The van der Waals surface area contributed by atoms with Crippen molar-refractivity contribution >= 4 is 37.6 Å². The minimum atomic E-state index is -3.61. The summed E-state index contributed by atoms with van der Waals surface area (Å²) in [6, 6.07) is 13.6. The van der Waals surface area contributed by atoms with Gasteiger partial charge in [0.25, 0.3) is 5.91 Å². The van der Waals surface area contributed by atoms with Crippen molar-refractivity contribution in [1.82, 2.24) is 48.3 Å². The number of aryl methyl sites for hydroxylation is 3. The SMILES string of the molecule is Cc1cc(-n2nc3c(c2-n2ccn(-c4ccc5c(cnn5C)c4F)c2=O)[C@H](C)N(C(=O)c2cc4cc([C@H]5CCOC(C)(C)C5)ccc4n2[C@@]2(c4noc(=O)[nH]4)C[C@@H]2C)CC32CS(=O)(=O)C2)cc(C)c1F. The van der Waals surface area contributed by atoms with Crippen LogP contribution in [0, 0.1) is 31.4 Å². The Bertz CT molecular complexity index is 3760. The lowest BCUT2D eigenvalue weighted by Gasteiger charge is -2.49. The lowest BCUT2D eigenvalue weighted by Crippen LogP contribution is -2.62. The maximum absolute atomic E-state index is 16.3. The van der Waals surface area contributed by atoms with Crippen LogP contribution in [0.1, 0.15) is 103 Å². The standard InChI is InChI=1S/C50H50F2N10O7S/c1-26-16-33(17-27(2)40(26)51)62-43(59-14-13-58(47(59)65)37-11-10-36-34(41(37)52)22-53-57(36)7)39-29(4)60(23-49(42(39)55-62)24-70(66,67)25-49)44(63)38-19-32-18-30(31-12-15-68-48(5,6)21-31)8-9-35(32)61(38)50(20-28(50)3)45-54-46(64)69-56-45/h8-11,13-14,16-19,22,28-29,31H,12,15,20-21,23-25H2,1-7H3,(H,54,56,64)/t28-,29-,31-,50-/m0/s1. The molecule has 1 spiro atoms. The minimum Gasteiger partial charge on any atom is -0.376 e. The Morgan fingerprint density at radius 1 is 0.929 bits per heavy atom. The van der Waals surface area contributed by atoms with Gasteiger partial charge in [0, 0.05) is 49.1 Å². The van der Waals surface area contributed by atoms with Crippen molar-refractivity contribution in [2.75, 3.05) is 24.7 Å². The number of amides is 1. The molecule has 1 aliphatic carbocycles. The third kappa shape index (κ3) is 6.36. The van der Waals surface area contributed by atoms with E-state index in [1.807, 2.05) is 30.5 Å². The van der Waals surface area contributed by atoms with E-state index in [4.69, 9.17) is 14.4 Å². The predicted octanol–water partition coefficient (Wildman–Crippen LogP) is 6.57. The average Bonchev–Trinajstić information content (AvgIpc) is 3.94. The Hall–Kier alpha value is -6.93. The number of H-pyrrole nitrogens is 1. The summed E-state index contributed by atoms with van der Waals surface area (Å²) in [4.78, 5) is 47.9.